The van der Waals surface area contributed by atoms with Gasteiger partial charge in [0.2, 0.25) is 0 Å². The number of anilines is 1. The molecule has 0 bridgehead atoms. The lowest BCUT2D eigenvalue weighted by atomic mass is 10.2. The fourth-order valence-corrected chi connectivity index (χ4v) is 3.72. The molecule has 0 unspecified atom stereocenters. The van der Waals surface area contributed by atoms with Gasteiger partial charge in [0.05, 0.1) is 11.4 Å². The van der Waals surface area contributed by atoms with E-state index < -0.39 is 0 Å². The van der Waals surface area contributed by atoms with Gasteiger partial charge in [-0.05, 0) is 46.3 Å². The van der Waals surface area contributed by atoms with Crippen molar-refractivity contribution in [3.8, 4) is 17.2 Å². The van der Waals surface area contributed by atoms with Crippen LogP contribution in [0.1, 0.15) is 16.1 Å². The van der Waals surface area contributed by atoms with Crippen LogP contribution in [0.25, 0.3) is 5.65 Å². The summed E-state index contributed by atoms with van der Waals surface area (Å²) in [6.07, 6.45) is 3.86. The molecule has 4 aromatic rings. The fraction of sp³-hybridized carbons (Fsp3) is 0.130. The lowest BCUT2D eigenvalue weighted by Gasteiger charge is -2.20. The number of rotatable bonds is 5. The van der Waals surface area contributed by atoms with Crippen molar-refractivity contribution in [2.45, 2.75) is 6.61 Å². The van der Waals surface area contributed by atoms with E-state index in [1.165, 1.54) is 0 Å². The molecule has 3 heterocycles. The molecule has 0 saturated carbocycles. The zero-order valence-electron chi connectivity index (χ0n) is 16.4. The molecule has 0 radical (unpaired) electrons. The van der Waals surface area contributed by atoms with E-state index in [9.17, 15) is 4.79 Å². The van der Waals surface area contributed by atoms with Gasteiger partial charge in [0, 0.05) is 34.6 Å². The molecule has 0 saturated heterocycles. The van der Waals surface area contributed by atoms with Crippen LogP contribution in [0.5, 0.6) is 17.2 Å². The first-order valence-corrected chi connectivity index (χ1v) is 10.5. The Labute approximate surface area is 186 Å². The zero-order valence-corrected chi connectivity index (χ0v) is 18.0. The molecule has 8 heteroatoms. The summed E-state index contributed by atoms with van der Waals surface area (Å²) in [6, 6.07) is 16.4. The molecule has 2 aromatic carbocycles. The Bertz CT molecular complexity index is 1240. The molecule has 1 amide bonds. The minimum absolute atomic E-state index is 0.254. The van der Waals surface area contributed by atoms with Crippen molar-refractivity contribution in [3.05, 3.63) is 82.7 Å². The SMILES string of the molecule is O=C(Nc1cc2c(cc1Br)OCCO2)c1cccc(OCc2cn3ccccc3n2)c1. The van der Waals surface area contributed by atoms with Gasteiger partial charge in [-0.15, -0.1) is 0 Å². The number of fused-ring (bicyclic) bond motifs is 2. The van der Waals surface area contributed by atoms with Crippen molar-refractivity contribution in [1.82, 2.24) is 9.38 Å². The van der Waals surface area contributed by atoms with E-state index in [4.69, 9.17) is 14.2 Å². The van der Waals surface area contributed by atoms with Gasteiger partial charge in [-0.25, -0.2) is 4.98 Å². The standard InChI is InChI=1S/C23H18BrN3O4/c24-18-11-20-21(30-9-8-29-20)12-19(18)26-23(28)15-4-3-5-17(10-15)31-14-16-13-27-7-2-1-6-22(27)25-16/h1-7,10-13H,8-9,14H2,(H,26,28). The molecule has 1 aliphatic rings. The second-order valence-corrected chi connectivity index (χ2v) is 7.80. The van der Waals surface area contributed by atoms with Gasteiger partial charge in [0.25, 0.3) is 5.91 Å². The normalized spacial score (nSPS) is 12.5. The lowest BCUT2D eigenvalue weighted by molar-refractivity contribution is 0.102. The van der Waals surface area contributed by atoms with Gasteiger partial charge in [-0.3, -0.25) is 4.79 Å². The number of ether oxygens (including phenoxy) is 3. The summed E-state index contributed by atoms with van der Waals surface area (Å²) in [7, 11) is 0. The molecule has 1 aliphatic heterocycles. The number of hydrogen-bond acceptors (Lipinski definition) is 5. The molecular formula is C23H18BrN3O4. The first-order chi connectivity index (χ1) is 15.2. The predicted molar refractivity (Wildman–Crippen MR) is 119 cm³/mol. The molecular weight excluding hydrogens is 462 g/mol. The van der Waals surface area contributed by atoms with Crippen LogP contribution >= 0.6 is 15.9 Å². The lowest BCUT2D eigenvalue weighted by Crippen LogP contribution is -2.17. The molecule has 7 nitrogen and oxygen atoms in total. The number of carbonyl (C=O) groups is 1. The van der Waals surface area contributed by atoms with Crippen LogP contribution in [0, 0.1) is 0 Å². The number of aromatic nitrogens is 2. The number of pyridine rings is 1. The van der Waals surface area contributed by atoms with Gasteiger partial charge < -0.3 is 23.9 Å². The van der Waals surface area contributed by atoms with Crippen LogP contribution in [-0.4, -0.2) is 28.5 Å². The molecule has 0 aliphatic carbocycles. The van der Waals surface area contributed by atoms with E-state index in [2.05, 4.69) is 26.2 Å². The van der Waals surface area contributed by atoms with Gasteiger partial charge in [-0.1, -0.05) is 12.1 Å². The molecule has 0 fully saturated rings. The Morgan fingerprint density at radius 2 is 1.94 bits per heavy atom. The Balaban J connectivity index is 1.28. The van der Waals surface area contributed by atoms with Crippen LogP contribution < -0.4 is 19.5 Å². The topological polar surface area (TPSA) is 74.1 Å². The highest BCUT2D eigenvalue weighted by atomic mass is 79.9. The highest BCUT2D eigenvalue weighted by Gasteiger charge is 2.17. The van der Waals surface area contributed by atoms with Crippen LogP contribution in [-0.2, 0) is 6.61 Å². The van der Waals surface area contributed by atoms with Crippen LogP contribution in [0.4, 0.5) is 5.69 Å². The van der Waals surface area contributed by atoms with E-state index in [0.717, 1.165) is 11.3 Å². The van der Waals surface area contributed by atoms with E-state index >= 15 is 0 Å². The first-order valence-electron chi connectivity index (χ1n) is 9.72. The number of imidazole rings is 1. The van der Waals surface area contributed by atoms with Crippen molar-refractivity contribution in [1.29, 1.82) is 0 Å². The smallest absolute Gasteiger partial charge is 0.255 e. The first kappa shape index (κ1) is 19.4. The van der Waals surface area contributed by atoms with Gasteiger partial charge in [0.15, 0.2) is 11.5 Å². The summed E-state index contributed by atoms with van der Waals surface area (Å²) in [4.78, 5) is 17.3. The van der Waals surface area contributed by atoms with Gasteiger partial charge in [-0.2, -0.15) is 0 Å². The van der Waals surface area contributed by atoms with Crippen LogP contribution in [0.3, 0.4) is 0 Å². The van der Waals surface area contributed by atoms with E-state index in [1.807, 2.05) is 41.1 Å². The van der Waals surface area contributed by atoms with E-state index in [0.29, 0.717) is 52.8 Å². The fourth-order valence-electron chi connectivity index (χ4n) is 3.30. The summed E-state index contributed by atoms with van der Waals surface area (Å²) in [5, 5.41) is 2.90. The summed E-state index contributed by atoms with van der Waals surface area (Å²) < 4.78 is 19.7. The van der Waals surface area contributed by atoms with Gasteiger partial charge >= 0.3 is 0 Å². The largest absolute Gasteiger partial charge is 0.487 e. The molecule has 2 aromatic heterocycles. The summed E-state index contributed by atoms with van der Waals surface area (Å²) >= 11 is 3.47. The highest BCUT2D eigenvalue weighted by Crippen LogP contribution is 2.38. The Hall–Kier alpha value is -3.52. The van der Waals surface area contributed by atoms with E-state index in [-0.39, 0.29) is 5.91 Å². The number of nitrogens with one attached hydrogen (secondary N) is 1. The average Bonchev–Trinajstić information content (AvgIpc) is 3.21. The van der Waals surface area contributed by atoms with Crippen molar-refractivity contribution in [3.63, 3.8) is 0 Å². The number of nitrogens with zero attached hydrogens (tertiary/aromatic N) is 2. The monoisotopic (exact) mass is 479 g/mol. The minimum atomic E-state index is -0.254. The van der Waals surface area contributed by atoms with Crippen molar-refractivity contribution in [2.24, 2.45) is 0 Å². The maximum atomic E-state index is 12.8. The summed E-state index contributed by atoms with van der Waals surface area (Å²) in [5.41, 5.74) is 2.75. The maximum absolute atomic E-state index is 12.8. The molecule has 0 atom stereocenters. The maximum Gasteiger partial charge on any atom is 0.255 e. The molecule has 0 spiro atoms. The van der Waals surface area contributed by atoms with Crippen molar-refractivity contribution in [2.75, 3.05) is 18.5 Å². The predicted octanol–water partition coefficient (Wildman–Crippen LogP) is 4.70. The van der Waals surface area contributed by atoms with E-state index in [1.54, 1.807) is 30.3 Å². The second kappa shape index (κ2) is 8.31. The number of hydrogen-bond donors (Lipinski definition) is 1. The zero-order chi connectivity index (χ0) is 21.2. The third-order valence-electron chi connectivity index (χ3n) is 4.78. The van der Waals surface area contributed by atoms with Crippen molar-refractivity contribution < 1.29 is 19.0 Å². The second-order valence-electron chi connectivity index (χ2n) is 6.94. The number of benzene rings is 2. The minimum Gasteiger partial charge on any atom is -0.487 e. The van der Waals surface area contributed by atoms with Crippen molar-refractivity contribution >= 4 is 33.2 Å². The van der Waals surface area contributed by atoms with Gasteiger partial charge in [0.1, 0.15) is 31.2 Å². The third-order valence-corrected chi connectivity index (χ3v) is 5.43. The molecule has 5 rings (SSSR count). The average molecular weight is 480 g/mol. The Kier molecular flexibility index (Phi) is 5.21. The Morgan fingerprint density at radius 1 is 1.10 bits per heavy atom. The highest BCUT2D eigenvalue weighted by molar-refractivity contribution is 9.10. The van der Waals surface area contributed by atoms with Crippen LogP contribution in [0.2, 0.25) is 0 Å². The quantitative estimate of drug-likeness (QED) is 0.449. The summed E-state index contributed by atoms with van der Waals surface area (Å²) in [5.74, 6) is 1.59. The third kappa shape index (κ3) is 4.20. The number of carbonyl (C=O) groups excluding carboxylic acids is 1. The number of amides is 1. The number of halogens is 1. The Morgan fingerprint density at radius 3 is 2.77 bits per heavy atom. The van der Waals surface area contributed by atoms with Crippen LogP contribution in [0.15, 0.2) is 71.5 Å². The molecule has 1 N–H and O–H groups in total. The summed E-state index contributed by atoms with van der Waals surface area (Å²) in [6.45, 7) is 1.29. The molecule has 31 heavy (non-hydrogen) atoms. The molecule has 156 valence electrons.